The maximum absolute atomic E-state index is 12.4. The minimum Gasteiger partial charge on any atom is -0.481 e. The quantitative estimate of drug-likeness (QED) is 0.874. The van der Waals surface area contributed by atoms with Crippen molar-refractivity contribution in [2.75, 3.05) is 6.54 Å². The first-order chi connectivity index (χ1) is 10.4. The first-order valence-corrected chi connectivity index (χ1v) is 7.67. The molecule has 0 radical (unpaired) electrons. The minimum atomic E-state index is -0.914. The van der Waals surface area contributed by atoms with Crippen molar-refractivity contribution in [2.45, 2.75) is 26.7 Å². The van der Waals surface area contributed by atoms with Crippen LogP contribution in [0.25, 0.3) is 4.96 Å². The summed E-state index contributed by atoms with van der Waals surface area (Å²) < 4.78 is 1.42. The van der Waals surface area contributed by atoms with Crippen LogP contribution in [-0.2, 0) is 4.79 Å². The van der Waals surface area contributed by atoms with Crippen LogP contribution in [0.4, 0.5) is 0 Å². The molecule has 3 rings (SSSR count). The number of nitrogens with zero attached hydrogens (tertiary/aromatic N) is 2. The van der Waals surface area contributed by atoms with Gasteiger partial charge in [-0.15, -0.1) is 11.3 Å². The molecule has 22 heavy (non-hydrogen) atoms. The number of rotatable bonds is 4. The molecular formula is C14H15N3O4S. The molecule has 1 fully saturated rings. The van der Waals surface area contributed by atoms with E-state index in [2.05, 4.69) is 10.3 Å². The van der Waals surface area contributed by atoms with E-state index >= 15 is 0 Å². The third kappa shape index (κ3) is 2.19. The molecule has 1 aliphatic rings. The molecule has 1 saturated carbocycles. The molecule has 2 N–H and O–H groups in total. The van der Waals surface area contributed by atoms with Crippen LogP contribution in [-0.4, -0.2) is 32.9 Å². The van der Waals surface area contributed by atoms with Crippen molar-refractivity contribution in [3.8, 4) is 0 Å². The smallest absolute Gasteiger partial charge is 0.311 e. The van der Waals surface area contributed by atoms with Crippen LogP contribution in [0.3, 0.4) is 0 Å². The zero-order valence-electron chi connectivity index (χ0n) is 12.2. The van der Waals surface area contributed by atoms with Gasteiger partial charge in [0.25, 0.3) is 11.5 Å². The van der Waals surface area contributed by atoms with Crippen molar-refractivity contribution < 1.29 is 14.7 Å². The van der Waals surface area contributed by atoms with E-state index in [0.717, 1.165) is 10.6 Å². The summed E-state index contributed by atoms with van der Waals surface area (Å²) in [6.07, 6.45) is 2.34. The molecule has 8 heteroatoms. The van der Waals surface area contributed by atoms with Crippen molar-refractivity contribution in [1.82, 2.24) is 14.7 Å². The lowest BCUT2D eigenvalue weighted by Gasteiger charge is -2.10. The van der Waals surface area contributed by atoms with Gasteiger partial charge in [0.05, 0.1) is 5.41 Å². The predicted octanol–water partition coefficient (Wildman–Crippen LogP) is 0.967. The van der Waals surface area contributed by atoms with Crippen LogP contribution in [0.15, 0.2) is 11.0 Å². The summed E-state index contributed by atoms with van der Waals surface area (Å²) in [6.45, 7) is 3.72. The summed E-state index contributed by atoms with van der Waals surface area (Å²) in [5.41, 5.74) is -0.599. The minimum absolute atomic E-state index is 0.0327. The van der Waals surface area contributed by atoms with Crippen LogP contribution in [0.2, 0.25) is 0 Å². The number of carbonyl (C=O) groups is 2. The summed E-state index contributed by atoms with van der Waals surface area (Å²) in [5, 5.41) is 11.6. The largest absolute Gasteiger partial charge is 0.481 e. The Bertz CT molecular complexity index is 848. The molecule has 0 bridgehead atoms. The summed E-state index contributed by atoms with van der Waals surface area (Å²) in [7, 11) is 0. The van der Waals surface area contributed by atoms with Gasteiger partial charge in [0.15, 0.2) is 4.96 Å². The Morgan fingerprint density at radius 3 is 2.73 bits per heavy atom. The molecule has 0 unspecified atom stereocenters. The number of nitrogens with one attached hydrogen (secondary N) is 1. The second-order valence-corrected chi connectivity index (χ2v) is 6.79. The van der Waals surface area contributed by atoms with E-state index in [-0.39, 0.29) is 12.1 Å². The molecule has 0 spiro atoms. The number of hydrogen-bond donors (Lipinski definition) is 2. The number of hydrogen-bond acceptors (Lipinski definition) is 5. The molecule has 1 aliphatic carbocycles. The van der Waals surface area contributed by atoms with E-state index in [9.17, 15) is 14.4 Å². The Morgan fingerprint density at radius 2 is 2.14 bits per heavy atom. The number of amides is 1. The van der Waals surface area contributed by atoms with Crippen LogP contribution in [0.5, 0.6) is 0 Å². The third-order valence-corrected chi connectivity index (χ3v) is 5.23. The van der Waals surface area contributed by atoms with Crippen LogP contribution in [0.1, 0.15) is 33.8 Å². The van der Waals surface area contributed by atoms with Gasteiger partial charge in [-0.1, -0.05) is 0 Å². The fraction of sp³-hybridized carbons (Fsp3) is 0.429. The number of aliphatic carboxylic acids is 1. The van der Waals surface area contributed by atoms with Crippen molar-refractivity contribution in [2.24, 2.45) is 5.41 Å². The van der Waals surface area contributed by atoms with Gasteiger partial charge in [0.1, 0.15) is 5.56 Å². The van der Waals surface area contributed by atoms with Gasteiger partial charge in [-0.25, -0.2) is 4.98 Å². The van der Waals surface area contributed by atoms with Crippen LogP contribution >= 0.6 is 11.3 Å². The van der Waals surface area contributed by atoms with Gasteiger partial charge in [0, 0.05) is 23.3 Å². The zero-order chi connectivity index (χ0) is 16.1. The topological polar surface area (TPSA) is 101 Å². The standard InChI is InChI=1S/C14H15N3O4S/c1-7-8(2)22-13-15-5-9(11(19)17(7)13)10(18)16-6-14(3-4-14)12(20)21/h5H,3-4,6H2,1-2H3,(H,16,18)(H,20,21). The van der Waals surface area contributed by atoms with Gasteiger partial charge in [-0.3, -0.25) is 18.8 Å². The van der Waals surface area contributed by atoms with Gasteiger partial charge in [0.2, 0.25) is 0 Å². The summed E-state index contributed by atoms with van der Waals surface area (Å²) in [6, 6.07) is 0. The molecule has 0 aliphatic heterocycles. The second kappa shape index (κ2) is 4.91. The molecule has 0 aromatic carbocycles. The Hall–Kier alpha value is -2.22. The van der Waals surface area contributed by atoms with Crippen molar-refractivity contribution in [1.29, 1.82) is 0 Å². The Labute approximate surface area is 129 Å². The van der Waals surface area contributed by atoms with E-state index in [1.807, 2.05) is 6.92 Å². The number of carbonyl (C=O) groups excluding carboxylic acids is 1. The van der Waals surface area contributed by atoms with Crippen LogP contribution < -0.4 is 10.9 Å². The highest BCUT2D eigenvalue weighted by atomic mass is 32.1. The van der Waals surface area contributed by atoms with Crippen molar-refractivity contribution in [3.63, 3.8) is 0 Å². The average molecular weight is 321 g/mol. The lowest BCUT2D eigenvalue weighted by atomic mass is 10.1. The van der Waals surface area contributed by atoms with Crippen LogP contribution in [0, 0.1) is 19.3 Å². The maximum Gasteiger partial charge on any atom is 0.311 e. The van der Waals surface area contributed by atoms with Gasteiger partial charge < -0.3 is 10.4 Å². The normalized spacial score (nSPS) is 15.7. The number of aromatic nitrogens is 2. The monoisotopic (exact) mass is 321 g/mol. The van der Waals surface area contributed by atoms with E-state index < -0.39 is 22.9 Å². The Kier molecular flexibility index (Phi) is 3.28. The number of carboxylic acid groups (broad SMARTS) is 1. The number of fused-ring (bicyclic) bond motifs is 1. The summed E-state index contributed by atoms with van der Waals surface area (Å²) in [5.74, 6) is -1.50. The Balaban J connectivity index is 1.89. The van der Waals surface area contributed by atoms with E-state index in [1.54, 1.807) is 6.92 Å². The third-order valence-electron chi connectivity index (χ3n) is 4.16. The molecule has 2 aromatic heterocycles. The highest BCUT2D eigenvalue weighted by molar-refractivity contribution is 7.17. The van der Waals surface area contributed by atoms with Gasteiger partial charge in [-0.2, -0.15) is 0 Å². The molecule has 0 atom stereocenters. The van der Waals surface area contributed by atoms with Crippen molar-refractivity contribution >= 4 is 28.2 Å². The number of aryl methyl sites for hydroxylation is 2. The lowest BCUT2D eigenvalue weighted by Crippen LogP contribution is -2.37. The number of carboxylic acids is 1. The van der Waals surface area contributed by atoms with E-state index in [4.69, 9.17) is 5.11 Å². The van der Waals surface area contributed by atoms with E-state index in [1.165, 1.54) is 21.9 Å². The molecule has 116 valence electrons. The lowest BCUT2D eigenvalue weighted by molar-refractivity contribution is -0.143. The SMILES string of the molecule is Cc1sc2ncc(C(=O)NCC3(C(=O)O)CC3)c(=O)n2c1C. The van der Waals surface area contributed by atoms with Gasteiger partial charge in [-0.05, 0) is 26.7 Å². The first kappa shape index (κ1) is 14.7. The molecular weight excluding hydrogens is 306 g/mol. The highest BCUT2D eigenvalue weighted by Crippen LogP contribution is 2.45. The predicted molar refractivity (Wildman–Crippen MR) is 80.4 cm³/mol. The molecule has 0 saturated heterocycles. The molecule has 2 aromatic rings. The van der Waals surface area contributed by atoms with E-state index in [0.29, 0.717) is 17.8 Å². The maximum atomic E-state index is 12.4. The molecule has 2 heterocycles. The summed E-state index contributed by atoms with van der Waals surface area (Å²) in [4.78, 5) is 41.3. The zero-order valence-corrected chi connectivity index (χ0v) is 13.0. The summed E-state index contributed by atoms with van der Waals surface area (Å²) >= 11 is 1.39. The fourth-order valence-corrected chi connectivity index (χ4v) is 3.22. The van der Waals surface area contributed by atoms with Gasteiger partial charge >= 0.3 is 5.97 Å². The molecule has 1 amide bonds. The number of thiazole rings is 1. The molecule has 7 nitrogen and oxygen atoms in total. The van der Waals surface area contributed by atoms with Crippen molar-refractivity contribution in [3.05, 3.63) is 32.7 Å². The second-order valence-electron chi connectivity index (χ2n) is 5.61. The Morgan fingerprint density at radius 1 is 1.45 bits per heavy atom. The first-order valence-electron chi connectivity index (χ1n) is 6.85. The highest BCUT2D eigenvalue weighted by Gasteiger charge is 2.50. The fourth-order valence-electron chi connectivity index (χ4n) is 2.29. The average Bonchev–Trinajstić information content (AvgIpc) is 3.20.